The fraction of sp³-hybridized carbons (Fsp3) is 1.00. The highest BCUT2D eigenvalue weighted by Gasteiger charge is 1.92. The summed E-state index contributed by atoms with van der Waals surface area (Å²) in [6, 6.07) is 0.364. The average molecular weight is 130 g/mol. The predicted molar refractivity (Wildman–Crippen MR) is 41.2 cm³/mol. The third-order valence-corrected chi connectivity index (χ3v) is 1.36. The van der Waals surface area contributed by atoms with Gasteiger partial charge in [-0.15, -0.1) is 0 Å². The van der Waals surface area contributed by atoms with Crippen LogP contribution in [0.3, 0.4) is 0 Å². The summed E-state index contributed by atoms with van der Waals surface area (Å²) in [6.07, 6.45) is 4.75. The van der Waals surface area contributed by atoms with Gasteiger partial charge in [-0.1, -0.05) is 12.8 Å². The maximum Gasteiger partial charge on any atom is 0.00104 e. The lowest BCUT2D eigenvalue weighted by molar-refractivity contribution is 0.583. The molecule has 2 heteroatoms. The highest BCUT2D eigenvalue weighted by molar-refractivity contribution is 4.52. The number of hydrogen-bond donors (Lipinski definition) is 2. The lowest BCUT2D eigenvalue weighted by atomic mass is 10.1. The van der Waals surface area contributed by atoms with E-state index in [1.165, 1.54) is 12.8 Å². The van der Waals surface area contributed by atoms with Crippen molar-refractivity contribution in [2.24, 2.45) is 11.5 Å². The van der Waals surface area contributed by atoms with Crippen molar-refractivity contribution in [3.8, 4) is 0 Å². The number of unbranched alkanes of at least 4 members (excludes halogenated alkanes) is 2. The maximum atomic E-state index is 5.54. The fourth-order valence-corrected chi connectivity index (χ4v) is 0.787. The molecule has 4 N–H and O–H groups in total. The number of rotatable bonds is 5. The van der Waals surface area contributed by atoms with Crippen LogP contribution in [0.4, 0.5) is 0 Å². The molecule has 1 atom stereocenters. The lowest BCUT2D eigenvalue weighted by Crippen LogP contribution is -2.14. The van der Waals surface area contributed by atoms with E-state index in [0.717, 1.165) is 19.4 Å². The van der Waals surface area contributed by atoms with Crippen LogP contribution in [0, 0.1) is 0 Å². The molecule has 0 fully saturated rings. The van der Waals surface area contributed by atoms with Crippen molar-refractivity contribution in [3.63, 3.8) is 0 Å². The lowest BCUT2D eigenvalue weighted by Gasteiger charge is -2.02. The normalized spacial score (nSPS) is 13.7. The molecule has 0 rings (SSSR count). The van der Waals surface area contributed by atoms with E-state index in [1.807, 2.05) is 6.92 Å². The second kappa shape index (κ2) is 6.05. The summed E-state index contributed by atoms with van der Waals surface area (Å²) in [5.74, 6) is 0. The molecule has 9 heavy (non-hydrogen) atoms. The number of hydrogen-bond acceptors (Lipinski definition) is 2. The van der Waals surface area contributed by atoms with E-state index in [0.29, 0.717) is 6.04 Å². The molecule has 0 heterocycles. The van der Waals surface area contributed by atoms with Crippen molar-refractivity contribution in [1.82, 2.24) is 0 Å². The van der Waals surface area contributed by atoms with Gasteiger partial charge in [-0.25, -0.2) is 0 Å². The minimum Gasteiger partial charge on any atom is -0.330 e. The van der Waals surface area contributed by atoms with E-state index in [4.69, 9.17) is 11.5 Å². The molecule has 0 aliphatic heterocycles. The summed E-state index contributed by atoms with van der Waals surface area (Å²) in [5.41, 5.74) is 10.9. The van der Waals surface area contributed by atoms with Gasteiger partial charge in [0.25, 0.3) is 0 Å². The highest BCUT2D eigenvalue weighted by atomic mass is 14.6. The van der Waals surface area contributed by atoms with Crippen molar-refractivity contribution in [1.29, 1.82) is 0 Å². The Bertz CT molecular complexity index is 52.9. The zero-order valence-corrected chi connectivity index (χ0v) is 6.27. The zero-order chi connectivity index (χ0) is 7.11. The third-order valence-electron chi connectivity index (χ3n) is 1.36. The van der Waals surface area contributed by atoms with Gasteiger partial charge in [-0.05, 0) is 26.3 Å². The maximum absolute atomic E-state index is 5.54. The first-order valence-electron chi connectivity index (χ1n) is 3.73. The van der Waals surface area contributed by atoms with Crippen LogP contribution in [0.1, 0.15) is 32.6 Å². The first-order chi connectivity index (χ1) is 4.27. The molecule has 0 radical (unpaired) electrons. The van der Waals surface area contributed by atoms with Crippen LogP contribution in [-0.2, 0) is 0 Å². The average Bonchev–Trinajstić information content (AvgIpc) is 1.80. The molecule has 0 aromatic heterocycles. The molecular weight excluding hydrogens is 112 g/mol. The van der Waals surface area contributed by atoms with E-state index >= 15 is 0 Å². The van der Waals surface area contributed by atoms with Gasteiger partial charge in [-0.2, -0.15) is 0 Å². The summed E-state index contributed by atoms with van der Waals surface area (Å²) >= 11 is 0. The van der Waals surface area contributed by atoms with Crippen LogP contribution >= 0.6 is 0 Å². The topological polar surface area (TPSA) is 52.0 Å². The molecule has 0 aromatic rings. The predicted octanol–water partition coefficient (Wildman–Crippen LogP) is 0.853. The van der Waals surface area contributed by atoms with Gasteiger partial charge in [0.05, 0.1) is 0 Å². The zero-order valence-electron chi connectivity index (χ0n) is 6.27. The van der Waals surface area contributed by atoms with Crippen molar-refractivity contribution in [3.05, 3.63) is 0 Å². The van der Waals surface area contributed by atoms with Crippen molar-refractivity contribution in [2.75, 3.05) is 6.54 Å². The molecule has 0 bridgehead atoms. The Morgan fingerprint density at radius 2 is 1.89 bits per heavy atom. The molecule has 2 nitrogen and oxygen atoms in total. The summed E-state index contributed by atoms with van der Waals surface area (Å²) in [4.78, 5) is 0. The van der Waals surface area contributed by atoms with Crippen molar-refractivity contribution < 1.29 is 0 Å². The summed E-state index contributed by atoms with van der Waals surface area (Å²) in [5, 5.41) is 0. The molecule has 0 aliphatic carbocycles. The van der Waals surface area contributed by atoms with Crippen LogP contribution in [0.2, 0.25) is 0 Å². The molecule has 56 valence electrons. The Morgan fingerprint density at radius 1 is 1.22 bits per heavy atom. The molecule has 0 saturated carbocycles. The van der Waals surface area contributed by atoms with Crippen LogP contribution in [0.5, 0.6) is 0 Å². The summed E-state index contributed by atoms with van der Waals surface area (Å²) in [6.45, 7) is 2.86. The highest BCUT2D eigenvalue weighted by Crippen LogP contribution is 1.99. The van der Waals surface area contributed by atoms with Gasteiger partial charge >= 0.3 is 0 Å². The third kappa shape index (κ3) is 7.92. The Morgan fingerprint density at radius 3 is 2.33 bits per heavy atom. The van der Waals surface area contributed by atoms with E-state index < -0.39 is 0 Å². The monoisotopic (exact) mass is 130 g/mol. The Labute approximate surface area is 57.6 Å². The summed E-state index contributed by atoms with van der Waals surface area (Å²) < 4.78 is 0. The van der Waals surface area contributed by atoms with E-state index in [1.54, 1.807) is 0 Å². The second-order valence-electron chi connectivity index (χ2n) is 2.62. The van der Waals surface area contributed by atoms with E-state index in [2.05, 4.69) is 0 Å². The first-order valence-corrected chi connectivity index (χ1v) is 3.73. The molecule has 1 unspecified atom stereocenters. The van der Waals surface area contributed by atoms with E-state index in [-0.39, 0.29) is 0 Å². The molecular formula is C7H18N2. The smallest absolute Gasteiger partial charge is 0.00104 e. The fourth-order valence-electron chi connectivity index (χ4n) is 0.787. The van der Waals surface area contributed by atoms with Crippen LogP contribution in [0.25, 0.3) is 0 Å². The minimum atomic E-state index is 0.364. The number of nitrogens with two attached hydrogens (primary N) is 2. The van der Waals surface area contributed by atoms with Gasteiger partial charge in [0, 0.05) is 6.04 Å². The quantitative estimate of drug-likeness (QED) is 0.542. The Kier molecular flexibility index (Phi) is 5.99. The second-order valence-corrected chi connectivity index (χ2v) is 2.62. The van der Waals surface area contributed by atoms with Gasteiger partial charge in [-0.3, -0.25) is 0 Å². The van der Waals surface area contributed by atoms with Crippen LogP contribution in [-0.4, -0.2) is 12.6 Å². The van der Waals surface area contributed by atoms with Crippen LogP contribution in [0.15, 0.2) is 0 Å². The van der Waals surface area contributed by atoms with Crippen molar-refractivity contribution >= 4 is 0 Å². The first kappa shape index (κ1) is 8.92. The van der Waals surface area contributed by atoms with E-state index in [9.17, 15) is 0 Å². The SMILES string of the molecule is CC(N)CCCCCN. The standard InChI is InChI=1S/C7H18N2/c1-7(9)5-3-2-4-6-8/h7H,2-6,8-9H2,1H3. The molecule has 0 aliphatic rings. The summed E-state index contributed by atoms with van der Waals surface area (Å²) in [7, 11) is 0. The molecule has 0 amide bonds. The van der Waals surface area contributed by atoms with Gasteiger partial charge < -0.3 is 11.5 Å². The van der Waals surface area contributed by atoms with Crippen LogP contribution < -0.4 is 11.5 Å². The minimum absolute atomic E-state index is 0.364. The van der Waals surface area contributed by atoms with Gasteiger partial charge in [0.15, 0.2) is 0 Å². The largest absolute Gasteiger partial charge is 0.330 e. The van der Waals surface area contributed by atoms with Gasteiger partial charge in [0.1, 0.15) is 0 Å². The molecule has 0 spiro atoms. The Hall–Kier alpha value is -0.0800. The molecule has 0 saturated heterocycles. The molecule has 0 aromatic carbocycles. The van der Waals surface area contributed by atoms with Gasteiger partial charge in [0.2, 0.25) is 0 Å². The van der Waals surface area contributed by atoms with Crippen molar-refractivity contribution in [2.45, 2.75) is 38.6 Å². The Balaban J connectivity index is 2.75.